The van der Waals surface area contributed by atoms with Crippen LogP contribution in [-0.4, -0.2) is 92.5 Å². The van der Waals surface area contributed by atoms with E-state index in [1.807, 2.05) is 0 Å². The van der Waals surface area contributed by atoms with Gasteiger partial charge in [-0.3, -0.25) is 29.0 Å². The van der Waals surface area contributed by atoms with Crippen molar-refractivity contribution in [2.75, 3.05) is 6.54 Å². The van der Waals surface area contributed by atoms with Gasteiger partial charge >= 0.3 is 6.03 Å². The number of aliphatic hydroxyl groups is 2. The largest absolute Gasteiger partial charge is 0.387 e. The number of nitrogens with zero attached hydrogens (tertiary/aromatic N) is 2. The lowest BCUT2D eigenvalue weighted by Gasteiger charge is -2.45. The quantitative estimate of drug-likeness (QED) is 0.276. The van der Waals surface area contributed by atoms with E-state index < -0.39 is 71.3 Å². The topological polar surface area (TPSA) is 178 Å². The third-order valence-electron chi connectivity index (χ3n) is 8.80. The van der Waals surface area contributed by atoms with E-state index in [-0.39, 0.29) is 17.7 Å². The summed E-state index contributed by atoms with van der Waals surface area (Å²) in [6, 6.07) is 14.2. The number of imide groups is 1. The molecule has 3 aliphatic rings. The monoisotopic (exact) mass is 605 g/mol. The van der Waals surface area contributed by atoms with Crippen molar-refractivity contribution in [2.45, 2.75) is 63.9 Å². The minimum Gasteiger partial charge on any atom is -0.387 e. The molecule has 1 saturated heterocycles. The van der Waals surface area contributed by atoms with Crippen LogP contribution in [0, 0.1) is 5.41 Å². The lowest BCUT2D eigenvalue weighted by molar-refractivity contribution is -0.136. The Morgan fingerprint density at radius 3 is 2.09 bits per heavy atom. The lowest BCUT2D eigenvalue weighted by Crippen LogP contribution is -2.61. The van der Waals surface area contributed by atoms with Crippen LogP contribution in [0.5, 0.6) is 0 Å². The van der Waals surface area contributed by atoms with E-state index in [4.69, 9.17) is 4.74 Å². The summed E-state index contributed by atoms with van der Waals surface area (Å²) in [5.41, 5.74) is -1.60. The molecule has 0 aromatic heterocycles. The highest BCUT2D eigenvalue weighted by molar-refractivity contribution is 6.22. The van der Waals surface area contributed by atoms with Gasteiger partial charge < -0.3 is 30.9 Å². The van der Waals surface area contributed by atoms with Crippen molar-refractivity contribution in [3.05, 3.63) is 83.6 Å². The number of amides is 6. The summed E-state index contributed by atoms with van der Waals surface area (Å²) in [7, 11) is 0. The molecule has 1 fully saturated rings. The molecule has 5 atom stereocenters. The van der Waals surface area contributed by atoms with Crippen LogP contribution in [-0.2, 0) is 9.53 Å². The molecule has 0 aliphatic carbocycles. The van der Waals surface area contributed by atoms with Crippen molar-refractivity contribution >= 4 is 29.7 Å². The van der Waals surface area contributed by atoms with Gasteiger partial charge in [-0.25, -0.2) is 4.79 Å². The first-order valence-electron chi connectivity index (χ1n) is 14.2. The van der Waals surface area contributed by atoms with Gasteiger partial charge in [0, 0.05) is 18.3 Å². The third kappa shape index (κ3) is 5.23. The number of hydrogen-bond acceptors (Lipinski definition) is 8. The van der Waals surface area contributed by atoms with Gasteiger partial charge in [-0.2, -0.15) is 0 Å². The Labute approximate surface area is 253 Å². The van der Waals surface area contributed by atoms with Gasteiger partial charge in [-0.1, -0.05) is 30.3 Å². The number of rotatable bonds is 8. The van der Waals surface area contributed by atoms with Crippen LogP contribution in [0.4, 0.5) is 4.79 Å². The molecule has 5 rings (SSSR count). The zero-order valence-corrected chi connectivity index (χ0v) is 24.7. The molecule has 3 unspecified atom stereocenters. The second-order valence-electron chi connectivity index (χ2n) is 11.9. The molecule has 0 bridgehead atoms. The van der Waals surface area contributed by atoms with Crippen molar-refractivity contribution in [2.24, 2.45) is 5.41 Å². The van der Waals surface area contributed by atoms with Crippen molar-refractivity contribution < 1.29 is 38.9 Å². The Morgan fingerprint density at radius 1 is 0.909 bits per heavy atom. The van der Waals surface area contributed by atoms with Gasteiger partial charge in [0.25, 0.3) is 17.7 Å². The molecule has 0 radical (unpaired) electrons. The summed E-state index contributed by atoms with van der Waals surface area (Å²) in [4.78, 5) is 67.2. The first-order chi connectivity index (χ1) is 20.8. The third-order valence-corrected chi connectivity index (χ3v) is 8.80. The molecule has 0 saturated carbocycles. The number of benzene rings is 2. The molecule has 3 aliphatic heterocycles. The Bertz CT molecular complexity index is 1490. The molecular formula is C31H35N5O8. The highest BCUT2D eigenvalue weighted by atomic mass is 16.6. The Kier molecular flexibility index (Phi) is 8.05. The molecule has 232 valence electrons. The lowest BCUT2D eigenvalue weighted by atomic mass is 9.72. The van der Waals surface area contributed by atoms with Gasteiger partial charge in [0.15, 0.2) is 6.23 Å². The van der Waals surface area contributed by atoms with Crippen LogP contribution in [0.2, 0.25) is 0 Å². The normalized spacial score (nSPS) is 25.1. The highest BCUT2D eigenvalue weighted by Gasteiger charge is 2.54. The first-order valence-corrected chi connectivity index (χ1v) is 14.2. The van der Waals surface area contributed by atoms with E-state index in [2.05, 4.69) is 16.0 Å². The molecule has 13 nitrogen and oxygen atoms in total. The number of aliphatic hydroxyl groups excluding tert-OH is 2. The van der Waals surface area contributed by atoms with Crippen LogP contribution in [0.3, 0.4) is 0 Å². The smallest absolute Gasteiger partial charge is 0.325 e. The van der Waals surface area contributed by atoms with Crippen LogP contribution < -0.4 is 16.0 Å². The fraction of sp³-hybridized carbons (Fsp3) is 0.387. The van der Waals surface area contributed by atoms with Crippen molar-refractivity contribution in [3.63, 3.8) is 0 Å². The highest BCUT2D eigenvalue weighted by Crippen LogP contribution is 2.41. The van der Waals surface area contributed by atoms with E-state index in [0.29, 0.717) is 5.56 Å². The molecular weight excluding hydrogens is 570 g/mol. The number of fused-ring (bicyclic) bond motifs is 1. The van der Waals surface area contributed by atoms with Crippen molar-refractivity contribution in [3.8, 4) is 0 Å². The predicted octanol–water partition coefficient (Wildman–Crippen LogP) is 0.945. The summed E-state index contributed by atoms with van der Waals surface area (Å²) in [5.74, 6) is -1.91. The van der Waals surface area contributed by atoms with E-state index in [1.54, 1.807) is 82.3 Å². The molecule has 2 aromatic rings. The van der Waals surface area contributed by atoms with E-state index >= 15 is 0 Å². The molecule has 2 aromatic carbocycles. The summed E-state index contributed by atoms with van der Waals surface area (Å²) >= 11 is 0. The van der Waals surface area contributed by atoms with Crippen LogP contribution >= 0.6 is 0 Å². The molecule has 0 spiro atoms. The maximum Gasteiger partial charge on any atom is 0.325 e. The molecule has 13 heteroatoms. The fourth-order valence-electron chi connectivity index (χ4n) is 5.40. The number of carbonyl (C=O) groups is 5. The molecule has 3 heterocycles. The van der Waals surface area contributed by atoms with Crippen LogP contribution in [0.25, 0.3) is 0 Å². The first kappa shape index (κ1) is 30.9. The van der Waals surface area contributed by atoms with Gasteiger partial charge in [0.05, 0.1) is 22.1 Å². The minimum absolute atomic E-state index is 0.232. The maximum absolute atomic E-state index is 13.5. The SMILES string of the molecule is CC(C)(C(=O)NC[C@H]1O[C@@H](N2C=CC(NC(=O)c3ccccc3)NC2=O)C(O)C1O)C(C)(C)N1C(=O)c2ccccc2C1=O. The van der Waals surface area contributed by atoms with Crippen LogP contribution in [0.1, 0.15) is 58.8 Å². The Hall–Kier alpha value is -4.59. The van der Waals surface area contributed by atoms with Gasteiger partial charge in [-0.05, 0) is 58.0 Å². The molecule has 6 amide bonds. The zero-order valence-electron chi connectivity index (χ0n) is 24.7. The van der Waals surface area contributed by atoms with Crippen molar-refractivity contribution in [1.29, 1.82) is 0 Å². The number of ether oxygens (including phenoxy) is 1. The fourth-order valence-corrected chi connectivity index (χ4v) is 5.40. The number of carbonyl (C=O) groups excluding carboxylic acids is 5. The van der Waals surface area contributed by atoms with Crippen molar-refractivity contribution in [1.82, 2.24) is 25.8 Å². The standard InChI is InChI=1S/C31H35N5O8/c1-30(2,31(3,4)36-25(40)18-12-8-9-13-19(18)26(36)41)28(42)32-16-20-22(37)23(38)27(44-20)35-15-14-21(34-29(35)43)33-24(39)17-10-6-5-7-11-17/h5-15,20-23,27,37-38H,16H2,1-4H3,(H,32,42)(H,33,39)(H,34,43)/t20-,21?,22?,23?,27-/m1/s1. The predicted molar refractivity (Wildman–Crippen MR) is 156 cm³/mol. The minimum atomic E-state index is -1.51. The Morgan fingerprint density at radius 2 is 1.50 bits per heavy atom. The van der Waals surface area contributed by atoms with Gasteiger partial charge in [-0.15, -0.1) is 0 Å². The van der Waals surface area contributed by atoms with E-state index in [1.165, 1.54) is 12.3 Å². The zero-order chi connectivity index (χ0) is 32.0. The summed E-state index contributed by atoms with van der Waals surface area (Å²) < 4.78 is 5.80. The van der Waals surface area contributed by atoms with Gasteiger partial charge in [0.1, 0.15) is 24.5 Å². The number of urea groups is 1. The summed E-state index contributed by atoms with van der Waals surface area (Å²) in [5, 5.41) is 29.4. The number of hydrogen-bond donors (Lipinski definition) is 5. The average molecular weight is 606 g/mol. The second-order valence-corrected chi connectivity index (χ2v) is 11.9. The molecule has 5 N–H and O–H groups in total. The average Bonchev–Trinajstić information content (AvgIpc) is 3.43. The second kappa shape index (κ2) is 11.5. The summed E-state index contributed by atoms with van der Waals surface area (Å²) in [6.45, 7) is 6.23. The van der Waals surface area contributed by atoms with Crippen LogP contribution in [0.15, 0.2) is 66.9 Å². The van der Waals surface area contributed by atoms with E-state index in [0.717, 1.165) is 9.80 Å². The number of nitrogens with one attached hydrogen (secondary N) is 3. The van der Waals surface area contributed by atoms with E-state index in [9.17, 15) is 34.2 Å². The summed E-state index contributed by atoms with van der Waals surface area (Å²) in [6.07, 6.45) is -3.33. The molecule has 44 heavy (non-hydrogen) atoms. The Balaban J connectivity index is 1.21. The maximum atomic E-state index is 13.5. The van der Waals surface area contributed by atoms with Gasteiger partial charge in [0.2, 0.25) is 5.91 Å².